The minimum atomic E-state index is -4.81. The van der Waals surface area contributed by atoms with Crippen molar-refractivity contribution < 1.29 is 22.7 Å². The molecule has 1 nitrogen and oxygen atoms in total. The Balaban J connectivity index is 2.49. The molecule has 0 aliphatic rings. The molecule has 0 aliphatic carbocycles. The fourth-order valence-corrected chi connectivity index (χ4v) is 2.68. The number of halogens is 6. The second kappa shape index (κ2) is 6.06. The van der Waals surface area contributed by atoms with Gasteiger partial charge in [0, 0.05) is 14.5 Å². The minimum Gasteiger partial charge on any atom is -0.384 e. The SMILES string of the molecule is OC(c1ccc(F)c(C(F)(F)F)c1)c1cc(Br)ccc1Br. The van der Waals surface area contributed by atoms with Gasteiger partial charge in [0.25, 0.3) is 0 Å². The lowest BCUT2D eigenvalue weighted by Gasteiger charge is -2.16. The molecule has 1 atom stereocenters. The second-order valence-electron chi connectivity index (χ2n) is 4.31. The number of hydrogen-bond acceptors (Lipinski definition) is 1. The van der Waals surface area contributed by atoms with Crippen molar-refractivity contribution in [3.05, 3.63) is 67.9 Å². The van der Waals surface area contributed by atoms with Gasteiger partial charge in [0.2, 0.25) is 0 Å². The molecule has 0 amide bonds. The van der Waals surface area contributed by atoms with Crippen LogP contribution in [0, 0.1) is 5.82 Å². The Morgan fingerprint density at radius 3 is 2.29 bits per heavy atom. The lowest BCUT2D eigenvalue weighted by atomic mass is 9.99. The van der Waals surface area contributed by atoms with E-state index in [1.807, 2.05) is 0 Å². The Hall–Kier alpha value is -0.920. The normalized spacial score (nSPS) is 13.3. The largest absolute Gasteiger partial charge is 0.419 e. The number of hydrogen-bond donors (Lipinski definition) is 1. The first-order valence-electron chi connectivity index (χ1n) is 5.70. The zero-order valence-electron chi connectivity index (χ0n) is 10.3. The van der Waals surface area contributed by atoms with Crippen molar-refractivity contribution >= 4 is 31.9 Å². The molecule has 0 aromatic heterocycles. The Labute approximate surface area is 134 Å². The van der Waals surface area contributed by atoms with Crippen molar-refractivity contribution in [3.63, 3.8) is 0 Å². The van der Waals surface area contributed by atoms with E-state index in [2.05, 4.69) is 31.9 Å². The van der Waals surface area contributed by atoms with E-state index in [4.69, 9.17) is 0 Å². The molecule has 21 heavy (non-hydrogen) atoms. The Bertz CT molecular complexity index is 671. The predicted octanol–water partition coefficient (Wildman–Crippen LogP) is 5.45. The summed E-state index contributed by atoms with van der Waals surface area (Å²) in [4.78, 5) is 0. The summed E-state index contributed by atoms with van der Waals surface area (Å²) in [5.41, 5.74) is -1.06. The maximum atomic E-state index is 13.3. The zero-order chi connectivity index (χ0) is 15.8. The first-order chi connectivity index (χ1) is 9.70. The quantitative estimate of drug-likeness (QED) is 0.631. The van der Waals surface area contributed by atoms with Gasteiger partial charge in [-0.2, -0.15) is 13.2 Å². The molecular weight excluding hydrogens is 420 g/mol. The molecule has 0 fully saturated rings. The molecule has 2 rings (SSSR count). The van der Waals surface area contributed by atoms with Crippen LogP contribution >= 0.6 is 31.9 Å². The molecule has 0 spiro atoms. The fourth-order valence-electron chi connectivity index (χ4n) is 1.83. The van der Waals surface area contributed by atoms with E-state index in [1.54, 1.807) is 18.2 Å². The molecule has 0 bridgehead atoms. The van der Waals surface area contributed by atoms with Crippen LogP contribution in [0.25, 0.3) is 0 Å². The maximum absolute atomic E-state index is 13.3. The van der Waals surface area contributed by atoms with Gasteiger partial charge in [0.15, 0.2) is 0 Å². The summed E-state index contributed by atoms with van der Waals surface area (Å²) in [5.74, 6) is -1.37. The number of aliphatic hydroxyl groups is 1. The van der Waals surface area contributed by atoms with E-state index < -0.39 is 23.7 Å². The first-order valence-corrected chi connectivity index (χ1v) is 7.28. The average molecular weight is 428 g/mol. The van der Waals surface area contributed by atoms with Crippen molar-refractivity contribution in [1.29, 1.82) is 0 Å². The minimum absolute atomic E-state index is 0.0393. The molecule has 1 N–H and O–H groups in total. The monoisotopic (exact) mass is 426 g/mol. The van der Waals surface area contributed by atoms with E-state index in [0.717, 1.165) is 6.07 Å². The van der Waals surface area contributed by atoms with Crippen molar-refractivity contribution in [2.45, 2.75) is 12.3 Å². The summed E-state index contributed by atoms with van der Waals surface area (Å²) in [6.45, 7) is 0. The van der Waals surface area contributed by atoms with Gasteiger partial charge in [-0.05, 0) is 35.9 Å². The molecule has 112 valence electrons. The Morgan fingerprint density at radius 1 is 1.00 bits per heavy atom. The van der Waals surface area contributed by atoms with Gasteiger partial charge in [0.1, 0.15) is 11.9 Å². The van der Waals surface area contributed by atoms with Gasteiger partial charge in [0.05, 0.1) is 5.56 Å². The summed E-state index contributed by atoms with van der Waals surface area (Å²) in [5, 5.41) is 10.2. The van der Waals surface area contributed by atoms with Crippen LogP contribution in [0.3, 0.4) is 0 Å². The molecule has 0 radical (unpaired) electrons. The van der Waals surface area contributed by atoms with Crippen molar-refractivity contribution in [1.82, 2.24) is 0 Å². The molecule has 2 aromatic rings. The molecule has 2 aromatic carbocycles. The van der Waals surface area contributed by atoms with Gasteiger partial charge < -0.3 is 5.11 Å². The summed E-state index contributed by atoms with van der Waals surface area (Å²) < 4.78 is 52.6. The standard InChI is InChI=1S/C14H8Br2F4O/c15-8-2-3-11(16)9(6-8)13(21)7-1-4-12(17)10(5-7)14(18,19)20/h1-6,13,21H. The van der Waals surface area contributed by atoms with Crippen LogP contribution in [0.5, 0.6) is 0 Å². The third-order valence-electron chi connectivity index (χ3n) is 2.86. The predicted molar refractivity (Wildman–Crippen MR) is 77.3 cm³/mol. The zero-order valence-corrected chi connectivity index (χ0v) is 13.4. The van der Waals surface area contributed by atoms with Crippen LogP contribution in [0.1, 0.15) is 22.8 Å². The smallest absolute Gasteiger partial charge is 0.384 e. The average Bonchev–Trinajstić information content (AvgIpc) is 2.40. The van der Waals surface area contributed by atoms with Crippen molar-refractivity contribution in [2.75, 3.05) is 0 Å². The third kappa shape index (κ3) is 3.64. The summed E-state index contributed by atoms with van der Waals surface area (Å²) >= 11 is 6.45. The summed E-state index contributed by atoms with van der Waals surface area (Å²) in [6.07, 6.45) is -6.12. The van der Waals surface area contributed by atoms with Gasteiger partial charge in [-0.25, -0.2) is 4.39 Å². The van der Waals surface area contributed by atoms with Crippen LogP contribution in [-0.4, -0.2) is 5.11 Å². The lowest BCUT2D eigenvalue weighted by Crippen LogP contribution is -2.10. The van der Waals surface area contributed by atoms with E-state index in [0.29, 0.717) is 26.6 Å². The summed E-state index contributed by atoms with van der Waals surface area (Å²) in [7, 11) is 0. The molecule has 0 saturated carbocycles. The molecule has 0 saturated heterocycles. The van der Waals surface area contributed by atoms with E-state index in [1.165, 1.54) is 0 Å². The highest BCUT2D eigenvalue weighted by Gasteiger charge is 2.34. The summed E-state index contributed by atoms with van der Waals surface area (Å²) in [6, 6.07) is 7.39. The number of rotatable bonds is 2. The molecule has 1 unspecified atom stereocenters. The number of alkyl halides is 3. The van der Waals surface area contributed by atoms with Gasteiger partial charge >= 0.3 is 6.18 Å². The highest BCUT2D eigenvalue weighted by atomic mass is 79.9. The van der Waals surface area contributed by atoms with E-state index in [9.17, 15) is 22.7 Å². The third-order valence-corrected chi connectivity index (χ3v) is 4.08. The molecule has 0 aliphatic heterocycles. The Morgan fingerprint density at radius 2 is 1.67 bits per heavy atom. The van der Waals surface area contributed by atoms with Crippen LogP contribution < -0.4 is 0 Å². The maximum Gasteiger partial charge on any atom is 0.419 e. The van der Waals surface area contributed by atoms with Crippen molar-refractivity contribution in [3.8, 4) is 0 Å². The van der Waals surface area contributed by atoms with Crippen LogP contribution in [-0.2, 0) is 6.18 Å². The Kier molecular flexibility index (Phi) is 4.75. The van der Waals surface area contributed by atoms with Gasteiger partial charge in [-0.1, -0.05) is 37.9 Å². The van der Waals surface area contributed by atoms with Gasteiger partial charge in [-0.3, -0.25) is 0 Å². The van der Waals surface area contributed by atoms with Crippen LogP contribution in [0.15, 0.2) is 45.3 Å². The van der Waals surface area contributed by atoms with Crippen LogP contribution in [0.2, 0.25) is 0 Å². The highest BCUT2D eigenvalue weighted by molar-refractivity contribution is 9.11. The second-order valence-corrected chi connectivity index (χ2v) is 6.08. The highest BCUT2D eigenvalue weighted by Crippen LogP contribution is 2.36. The van der Waals surface area contributed by atoms with Gasteiger partial charge in [-0.15, -0.1) is 0 Å². The first kappa shape index (κ1) is 16.5. The number of benzene rings is 2. The van der Waals surface area contributed by atoms with E-state index in [-0.39, 0.29) is 5.56 Å². The molecule has 0 heterocycles. The topological polar surface area (TPSA) is 20.2 Å². The number of aliphatic hydroxyl groups excluding tert-OH is 1. The van der Waals surface area contributed by atoms with Crippen molar-refractivity contribution in [2.24, 2.45) is 0 Å². The molecule has 7 heteroatoms. The molecular formula is C14H8Br2F4O. The van der Waals surface area contributed by atoms with Crippen LogP contribution in [0.4, 0.5) is 17.6 Å². The lowest BCUT2D eigenvalue weighted by molar-refractivity contribution is -0.140. The van der Waals surface area contributed by atoms with E-state index >= 15 is 0 Å². The fraction of sp³-hybridized carbons (Fsp3) is 0.143.